The van der Waals surface area contributed by atoms with E-state index >= 15 is 0 Å². The molecule has 2 aromatic carbocycles. The average molecular weight is 515 g/mol. The Labute approximate surface area is 224 Å². The van der Waals surface area contributed by atoms with Gasteiger partial charge in [0, 0.05) is 41.6 Å². The minimum atomic E-state index is -0.889. The van der Waals surface area contributed by atoms with Crippen molar-refractivity contribution in [1.82, 2.24) is 15.2 Å². The zero-order valence-electron chi connectivity index (χ0n) is 22.6. The maximum absolute atomic E-state index is 12.8. The quantitative estimate of drug-likeness (QED) is 0.377. The number of carboxylic acids is 1. The molecule has 1 saturated carbocycles. The zero-order chi connectivity index (χ0) is 26.6. The molecule has 1 aliphatic carbocycles. The summed E-state index contributed by atoms with van der Waals surface area (Å²) < 4.78 is 2.38. The van der Waals surface area contributed by atoms with Gasteiger partial charge in [0.2, 0.25) is 0 Å². The number of aromatic carboxylic acids is 1. The normalized spacial score (nSPS) is 19.4. The molecule has 1 fully saturated rings. The van der Waals surface area contributed by atoms with Gasteiger partial charge in [-0.05, 0) is 69.2 Å². The number of amides is 2. The number of benzene rings is 2. The summed E-state index contributed by atoms with van der Waals surface area (Å²) in [6.07, 6.45) is 6.94. The largest absolute Gasteiger partial charge is 0.478 e. The van der Waals surface area contributed by atoms with Crippen molar-refractivity contribution in [3.63, 3.8) is 0 Å². The van der Waals surface area contributed by atoms with E-state index in [1.807, 2.05) is 32.9 Å². The number of carboxylic acid groups (broad SMARTS) is 1. The minimum Gasteiger partial charge on any atom is -0.478 e. The number of para-hydroxylation sites is 1. The molecular weight excluding hydrogens is 476 g/mol. The molecule has 3 heterocycles. The number of aromatic nitrogens is 1. The number of carbonyl (C=O) groups is 2. The van der Waals surface area contributed by atoms with Crippen molar-refractivity contribution >= 4 is 28.6 Å². The lowest BCUT2D eigenvalue weighted by Crippen LogP contribution is -2.48. The number of hydrogen-bond donors (Lipinski definition) is 3. The van der Waals surface area contributed by atoms with Crippen LogP contribution in [0.3, 0.4) is 0 Å². The van der Waals surface area contributed by atoms with Crippen molar-refractivity contribution in [3.05, 3.63) is 53.1 Å². The van der Waals surface area contributed by atoms with Crippen LogP contribution in [0.15, 0.2) is 36.4 Å². The summed E-state index contributed by atoms with van der Waals surface area (Å²) in [5.41, 5.74) is 7.27. The zero-order valence-corrected chi connectivity index (χ0v) is 22.6. The molecular formula is C31H38N4O3. The van der Waals surface area contributed by atoms with E-state index in [0.29, 0.717) is 11.5 Å². The first-order chi connectivity index (χ1) is 18.2. The maximum atomic E-state index is 12.8. The molecule has 200 valence electrons. The maximum Gasteiger partial charge on any atom is 0.335 e. The third-order valence-electron chi connectivity index (χ3n) is 8.45. The molecule has 0 bridgehead atoms. The van der Waals surface area contributed by atoms with Gasteiger partial charge in [-0.25, -0.2) is 9.59 Å². The molecule has 7 nitrogen and oxygen atoms in total. The number of carbonyl (C=O) groups excluding carboxylic acids is 1. The first-order valence-corrected chi connectivity index (χ1v) is 14.1. The van der Waals surface area contributed by atoms with Crippen molar-refractivity contribution in [2.45, 2.75) is 83.3 Å². The third kappa shape index (κ3) is 4.32. The summed E-state index contributed by atoms with van der Waals surface area (Å²) in [4.78, 5) is 27.2. The molecule has 0 unspecified atom stereocenters. The van der Waals surface area contributed by atoms with Crippen LogP contribution >= 0.6 is 0 Å². The molecule has 1 atom stereocenters. The third-order valence-corrected chi connectivity index (χ3v) is 8.45. The number of nitrogens with zero attached hydrogens (tertiary/aromatic N) is 2. The lowest BCUT2D eigenvalue weighted by atomic mass is 9.81. The predicted octanol–water partition coefficient (Wildman–Crippen LogP) is 6.42. The number of urea groups is 1. The van der Waals surface area contributed by atoms with E-state index in [2.05, 4.69) is 38.3 Å². The number of rotatable bonds is 3. The Balaban J connectivity index is 1.52. The van der Waals surface area contributed by atoms with Crippen molar-refractivity contribution in [1.29, 1.82) is 0 Å². The van der Waals surface area contributed by atoms with Crippen molar-refractivity contribution in [2.75, 3.05) is 18.0 Å². The Bertz CT molecular complexity index is 1410. The highest BCUT2D eigenvalue weighted by atomic mass is 16.4. The van der Waals surface area contributed by atoms with Crippen LogP contribution in [-0.4, -0.2) is 40.3 Å². The van der Waals surface area contributed by atoms with Crippen LogP contribution in [0.25, 0.3) is 22.2 Å². The second-order valence-corrected chi connectivity index (χ2v) is 12.2. The molecule has 6 rings (SSSR count). The van der Waals surface area contributed by atoms with E-state index in [9.17, 15) is 14.7 Å². The number of nitrogens with one attached hydrogen (secondary N) is 2. The summed E-state index contributed by atoms with van der Waals surface area (Å²) >= 11 is 0. The van der Waals surface area contributed by atoms with Crippen molar-refractivity contribution < 1.29 is 14.7 Å². The van der Waals surface area contributed by atoms with Gasteiger partial charge in [0.15, 0.2) is 0 Å². The molecule has 3 aliphatic rings. The van der Waals surface area contributed by atoms with Crippen LogP contribution in [0.4, 0.5) is 10.5 Å². The first-order valence-electron chi connectivity index (χ1n) is 14.1. The summed E-state index contributed by atoms with van der Waals surface area (Å²) in [5.74, 6) is -0.421. The SMILES string of the molecule is CC(C)(C)NC(=O)N[C@@H]1CCN2CCn3c(c(C4CCCCC4)c4ccc(C(=O)O)cc43)-c3cccc1c32. The molecule has 7 heteroatoms. The number of fused-ring (bicyclic) bond motifs is 4. The van der Waals surface area contributed by atoms with Gasteiger partial charge in [0.1, 0.15) is 0 Å². The van der Waals surface area contributed by atoms with E-state index in [0.717, 1.165) is 37.1 Å². The first kappa shape index (κ1) is 24.8. The second kappa shape index (κ2) is 9.37. The van der Waals surface area contributed by atoms with Gasteiger partial charge in [-0.2, -0.15) is 0 Å². The van der Waals surface area contributed by atoms with E-state index in [1.54, 1.807) is 6.07 Å². The topological polar surface area (TPSA) is 86.6 Å². The summed E-state index contributed by atoms with van der Waals surface area (Å²) in [5, 5.41) is 17.2. The predicted molar refractivity (Wildman–Crippen MR) is 151 cm³/mol. The number of anilines is 1. The van der Waals surface area contributed by atoms with Gasteiger partial charge in [-0.1, -0.05) is 43.5 Å². The lowest BCUT2D eigenvalue weighted by molar-refractivity contribution is 0.0697. The molecule has 0 saturated heterocycles. The molecule has 3 aromatic rings. The highest BCUT2D eigenvalue weighted by molar-refractivity contribution is 6.00. The molecule has 0 radical (unpaired) electrons. The van der Waals surface area contributed by atoms with E-state index < -0.39 is 5.97 Å². The van der Waals surface area contributed by atoms with Gasteiger partial charge in [-0.3, -0.25) is 0 Å². The molecule has 2 aliphatic heterocycles. The summed E-state index contributed by atoms with van der Waals surface area (Å²) in [6, 6.07) is 12.0. The summed E-state index contributed by atoms with van der Waals surface area (Å²) in [7, 11) is 0. The highest BCUT2D eigenvalue weighted by Gasteiger charge is 2.35. The smallest absolute Gasteiger partial charge is 0.335 e. The lowest BCUT2D eigenvalue weighted by Gasteiger charge is -2.37. The molecule has 38 heavy (non-hydrogen) atoms. The Kier molecular flexibility index (Phi) is 6.12. The van der Waals surface area contributed by atoms with Gasteiger partial charge < -0.3 is 25.2 Å². The van der Waals surface area contributed by atoms with Crippen LogP contribution in [-0.2, 0) is 6.54 Å². The molecule has 3 N–H and O–H groups in total. The molecule has 0 spiro atoms. The minimum absolute atomic E-state index is 0.0591. The Hall–Kier alpha value is -3.48. The van der Waals surface area contributed by atoms with Crippen LogP contribution in [0.5, 0.6) is 0 Å². The Morgan fingerprint density at radius 2 is 1.76 bits per heavy atom. The van der Waals surface area contributed by atoms with E-state index in [-0.39, 0.29) is 17.6 Å². The van der Waals surface area contributed by atoms with Crippen molar-refractivity contribution in [3.8, 4) is 11.3 Å². The Morgan fingerprint density at radius 1 is 0.974 bits per heavy atom. The molecule has 1 aromatic heterocycles. The molecule has 2 amide bonds. The van der Waals surface area contributed by atoms with Gasteiger partial charge in [-0.15, -0.1) is 0 Å². The second-order valence-electron chi connectivity index (χ2n) is 12.2. The van der Waals surface area contributed by atoms with Crippen LogP contribution < -0.4 is 15.5 Å². The summed E-state index contributed by atoms with van der Waals surface area (Å²) in [6.45, 7) is 8.50. The van der Waals surface area contributed by atoms with Gasteiger partial charge >= 0.3 is 12.0 Å². The fourth-order valence-corrected chi connectivity index (χ4v) is 6.90. The van der Waals surface area contributed by atoms with Crippen LogP contribution in [0.2, 0.25) is 0 Å². The van der Waals surface area contributed by atoms with Crippen LogP contribution in [0.1, 0.15) is 92.7 Å². The fourth-order valence-electron chi connectivity index (χ4n) is 6.90. The van der Waals surface area contributed by atoms with E-state index in [1.165, 1.54) is 60.0 Å². The van der Waals surface area contributed by atoms with Gasteiger partial charge in [0.25, 0.3) is 0 Å². The van der Waals surface area contributed by atoms with Gasteiger partial charge in [0.05, 0.1) is 23.0 Å². The number of hydrogen-bond acceptors (Lipinski definition) is 3. The van der Waals surface area contributed by atoms with Crippen LogP contribution in [0, 0.1) is 0 Å². The average Bonchev–Trinajstić information content (AvgIpc) is 3.11. The monoisotopic (exact) mass is 514 g/mol. The Morgan fingerprint density at radius 3 is 2.50 bits per heavy atom. The van der Waals surface area contributed by atoms with E-state index in [4.69, 9.17) is 0 Å². The standard InChI is InChI=1S/C31H38N4O3/c1-31(2,3)33-30(38)32-24-14-15-34-16-17-35-25-18-20(29(36)37)12-13-22(25)26(19-8-5-4-6-9-19)28(35)23-11-7-10-21(24)27(23)34/h7,10-13,18-19,24H,4-6,8-9,14-17H2,1-3H3,(H,36,37)(H2,32,33,38)/t24-/m1/s1. The fraction of sp³-hybridized carbons (Fsp3) is 0.484. The van der Waals surface area contributed by atoms with Crippen molar-refractivity contribution in [2.24, 2.45) is 0 Å². The highest BCUT2D eigenvalue weighted by Crippen LogP contribution is 2.50.